The Hall–Kier alpha value is -2.25. The molecule has 128 valence electrons. The predicted octanol–water partition coefficient (Wildman–Crippen LogP) is 1.16. The van der Waals surface area contributed by atoms with E-state index >= 15 is 0 Å². The third kappa shape index (κ3) is 3.32. The number of carbonyl (C=O) groups excluding carboxylic acids is 1. The monoisotopic (exact) mass is 330 g/mol. The third-order valence-corrected chi connectivity index (χ3v) is 4.37. The first-order valence-corrected chi connectivity index (χ1v) is 8.04. The van der Waals surface area contributed by atoms with Crippen molar-refractivity contribution in [1.82, 2.24) is 20.1 Å². The number of rotatable bonds is 4. The van der Waals surface area contributed by atoms with E-state index in [1.165, 1.54) is 6.20 Å². The normalized spacial score (nSPS) is 16.8. The Kier molecular flexibility index (Phi) is 4.64. The molecule has 3 rings (SSSR count). The summed E-state index contributed by atoms with van der Waals surface area (Å²) in [5.74, 6) is 0.429. The summed E-state index contributed by atoms with van der Waals surface area (Å²) in [7, 11) is 0. The lowest BCUT2D eigenvalue weighted by Gasteiger charge is -2.36. The van der Waals surface area contributed by atoms with Gasteiger partial charge in [-0.1, -0.05) is 0 Å². The molecule has 1 saturated heterocycles. The molecular formula is C17H22N4O3. The van der Waals surface area contributed by atoms with Gasteiger partial charge in [-0.25, -0.2) is 9.67 Å². The quantitative estimate of drug-likeness (QED) is 0.878. The van der Waals surface area contributed by atoms with E-state index in [1.807, 2.05) is 19.9 Å². The summed E-state index contributed by atoms with van der Waals surface area (Å²) in [4.78, 5) is 16.8. The van der Waals surface area contributed by atoms with E-state index in [-0.39, 0.29) is 12.5 Å². The third-order valence-electron chi connectivity index (χ3n) is 4.37. The van der Waals surface area contributed by atoms with Crippen LogP contribution in [0.5, 0.6) is 0 Å². The standard InChI is InChI=1S/C17H22N4O3/c1-12-9-13(2)21(20-12)15-4-3-14(10-18-15)16(23)19-17(11-22)5-7-24-8-6-17/h3-4,9-10,22H,5-8,11H2,1-2H3,(H,19,23). The fourth-order valence-electron chi connectivity index (χ4n) is 2.90. The van der Waals surface area contributed by atoms with E-state index in [1.54, 1.807) is 16.8 Å². The lowest BCUT2D eigenvalue weighted by molar-refractivity contribution is 0.0125. The summed E-state index contributed by atoms with van der Waals surface area (Å²) in [6.45, 7) is 4.86. The highest BCUT2D eigenvalue weighted by atomic mass is 16.5. The molecule has 2 aromatic heterocycles. The molecule has 3 heterocycles. The molecule has 0 unspecified atom stereocenters. The van der Waals surface area contributed by atoms with Gasteiger partial charge in [0.05, 0.1) is 23.4 Å². The Morgan fingerprint density at radius 1 is 1.38 bits per heavy atom. The second-order valence-corrected chi connectivity index (χ2v) is 6.25. The minimum absolute atomic E-state index is 0.0978. The highest BCUT2D eigenvalue weighted by Gasteiger charge is 2.33. The number of aliphatic hydroxyl groups excluding tert-OH is 1. The number of hydrogen-bond donors (Lipinski definition) is 2. The maximum atomic E-state index is 12.5. The van der Waals surface area contributed by atoms with Gasteiger partial charge >= 0.3 is 0 Å². The number of aryl methyl sites for hydroxylation is 2. The molecule has 0 bridgehead atoms. The van der Waals surface area contributed by atoms with Gasteiger partial charge in [0.25, 0.3) is 5.91 Å². The van der Waals surface area contributed by atoms with Crippen molar-refractivity contribution in [3.8, 4) is 5.82 Å². The number of carbonyl (C=O) groups is 1. The summed E-state index contributed by atoms with van der Waals surface area (Å²) in [6.07, 6.45) is 2.74. The number of aliphatic hydroxyl groups is 1. The second kappa shape index (κ2) is 6.70. The van der Waals surface area contributed by atoms with E-state index < -0.39 is 5.54 Å². The lowest BCUT2D eigenvalue weighted by atomic mass is 9.90. The van der Waals surface area contributed by atoms with Crippen LogP contribution < -0.4 is 5.32 Å². The van der Waals surface area contributed by atoms with Crippen LogP contribution in [0.1, 0.15) is 34.6 Å². The highest BCUT2D eigenvalue weighted by molar-refractivity contribution is 5.94. The Bertz CT molecular complexity index is 718. The summed E-state index contributed by atoms with van der Waals surface area (Å²) < 4.78 is 7.05. The van der Waals surface area contributed by atoms with Gasteiger partial charge in [0.1, 0.15) is 0 Å². The summed E-state index contributed by atoms with van der Waals surface area (Å²) >= 11 is 0. The molecule has 2 N–H and O–H groups in total. The van der Waals surface area contributed by atoms with Crippen molar-refractivity contribution in [3.05, 3.63) is 41.3 Å². The van der Waals surface area contributed by atoms with Crippen LogP contribution >= 0.6 is 0 Å². The van der Waals surface area contributed by atoms with E-state index in [0.29, 0.717) is 37.4 Å². The molecule has 1 aliphatic heterocycles. The number of nitrogens with one attached hydrogen (secondary N) is 1. The molecule has 0 atom stereocenters. The molecule has 2 aromatic rings. The van der Waals surface area contributed by atoms with Crippen molar-refractivity contribution in [2.24, 2.45) is 0 Å². The molecule has 1 fully saturated rings. The van der Waals surface area contributed by atoms with Gasteiger partial charge in [0, 0.05) is 25.1 Å². The summed E-state index contributed by atoms with van der Waals surface area (Å²) in [6, 6.07) is 5.46. The topological polar surface area (TPSA) is 89.3 Å². The number of pyridine rings is 1. The molecule has 7 heteroatoms. The van der Waals surface area contributed by atoms with Gasteiger partial charge in [0.2, 0.25) is 0 Å². The molecular weight excluding hydrogens is 308 g/mol. The molecule has 1 amide bonds. The van der Waals surface area contributed by atoms with Crippen LogP contribution in [0.2, 0.25) is 0 Å². The van der Waals surface area contributed by atoms with Crippen molar-refractivity contribution >= 4 is 5.91 Å². The van der Waals surface area contributed by atoms with Gasteiger partial charge in [-0.2, -0.15) is 5.10 Å². The molecule has 0 aliphatic carbocycles. The number of nitrogens with zero attached hydrogens (tertiary/aromatic N) is 3. The molecule has 0 spiro atoms. The zero-order valence-electron chi connectivity index (χ0n) is 14.0. The van der Waals surface area contributed by atoms with Crippen LogP contribution in [0.3, 0.4) is 0 Å². The minimum atomic E-state index is -0.607. The Labute approximate surface area is 140 Å². The minimum Gasteiger partial charge on any atom is -0.394 e. The van der Waals surface area contributed by atoms with Gasteiger partial charge in [0.15, 0.2) is 5.82 Å². The van der Waals surface area contributed by atoms with Crippen molar-refractivity contribution in [1.29, 1.82) is 0 Å². The van der Waals surface area contributed by atoms with Gasteiger partial charge in [-0.15, -0.1) is 0 Å². The number of aromatic nitrogens is 3. The number of hydrogen-bond acceptors (Lipinski definition) is 5. The zero-order chi connectivity index (χ0) is 17.2. The molecule has 0 radical (unpaired) electrons. The van der Waals surface area contributed by atoms with Crippen LogP contribution in [0.25, 0.3) is 5.82 Å². The Balaban J connectivity index is 1.75. The molecule has 7 nitrogen and oxygen atoms in total. The smallest absolute Gasteiger partial charge is 0.253 e. The first-order chi connectivity index (χ1) is 11.5. The summed E-state index contributed by atoms with van der Waals surface area (Å²) in [5, 5.41) is 17.0. The fourth-order valence-corrected chi connectivity index (χ4v) is 2.90. The van der Waals surface area contributed by atoms with Crippen LogP contribution in [0, 0.1) is 13.8 Å². The number of amides is 1. The number of ether oxygens (including phenoxy) is 1. The SMILES string of the molecule is Cc1cc(C)n(-c2ccc(C(=O)NC3(CO)CCOCC3)cn2)n1. The highest BCUT2D eigenvalue weighted by Crippen LogP contribution is 2.21. The second-order valence-electron chi connectivity index (χ2n) is 6.25. The van der Waals surface area contributed by atoms with Crippen LogP contribution in [0.4, 0.5) is 0 Å². The van der Waals surface area contributed by atoms with Crippen LogP contribution in [-0.2, 0) is 4.74 Å². The predicted molar refractivity (Wildman–Crippen MR) is 88.2 cm³/mol. The van der Waals surface area contributed by atoms with Crippen molar-refractivity contribution in [2.45, 2.75) is 32.2 Å². The van der Waals surface area contributed by atoms with Crippen LogP contribution in [0.15, 0.2) is 24.4 Å². The molecule has 0 aromatic carbocycles. The van der Waals surface area contributed by atoms with Gasteiger partial charge in [-0.3, -0.25) is 4.79 Å². The maximum Gasteiger partial charge on any atom is 0.253 e. The first-order valence-electron chi connectivity index (χ1n) is 8.04. The fraction of sp³-hybridized carbons (Fsp3) is 0.471. The average Bonchev–Trinajstić information content (AvgIpc) is 2.94. The van der Waals surface area contributed by atoms with Crippen molar-refractivity contribution < 1.29 is 14.6 Å². The van der Waals surface area contributed by atoms with E-state index in [9.17, 15) is 9.90 Å². The lowest BCUT2D eigenvalue weighted by Crippen LogP contribution is -2.54. The molecule has 0 saturated carbocycles. The van der Waals surface area contributed by atoms with E-state index in [0.717, 1.165) is 11.4 Å². The van der Waals surface area contributed by atoms with E-state index in [4.69, 9.17) is 4.74 Å². The molecule has 1 aliphatic rings. The van der Waals surface area contributed by atoms with Crippen molar-refractivity contribution in [3.63, 3.8) is 0 Å². The van der Waals surface area contributed by atoms with Gasteiger partial charge in [-0.05, 0) is 44.9 Å². The largest absolute Gasteiger partial charge is 0.394 e. The Morgan fingerprint density at radius 3 is 2.67 bits per heavy atom. The van der Waals surface area contributed by atoms with Gasteiger partial charge < -0.3 is 15.2 Å². The average molecular weight is 330 g/mol. The van der Waals surface area contributed by atoms with Crippen LogP contribution in [-0.4, -0.2) is 51.1 Å². The van der Waals surface area contributed by atoms with Crippen molar-refractivity contribution in [2.75, 3.05) is 19.8 Å². The first kappa shape index (κ1) is 16.6. The van der Waals surface area contributed by atoms with E-state index in [2.05, 4.69) is 15.4 Å². The zero-order valence-corrected chi connectivity index (χ0v) is 14.0. The molecule has 24 heavy (non-hydrogen) atoms. The maximum absolute atomic E-state index is 12.5. The Morgan fingerprint density at radius 2 is 2.12 bits per heavy atom. The summed E-state index contributed by atoms with van der Waals surface area (Å²) in [5.41, 5.74) is 1.75.